The van der Waals surface area contributed by atoms with E-state index in [9.17, 15) is 0 Å². The number of hydrogen-bond donors (Lipinski definition) is 0. The van der Waals surface area contributed by atoms with Crippen LogP contribution < -0.4 is 0 Å². The summed E-state index contributed by atoms with van der Waals surface area (Å²) >= 11 is 6.33. The van der Waals surface area contributed by atoms with E-state index in [4.69, 9.17) is 11.6 Å². The molecule has 0 amide bonds. The van der Waals surface area contributed by atoms with Crippen molar-refractivity contribution in [3.05, 3.63) is 12.2 Å². The highest BCUT2D eigenvalue weighted by Gasteiger charge is 2.60. The average molecular weight is 201 g/mol. The zero-order valence-electron chi connectivity index (χ0n) is 9.07. The summed E-state index contributed by atoms with van der Waals surface area (Å²) in [6.45, 7) is 10.6. The highest BCUT2D eigenvalue weighted by atomic mass is 35.5. The van der Waals surface area contributed by atoms with Gasteiger partial charge in [-0.3, -0.25) is 0 Å². The van der Waals surface area contributed by atoms with Crippen molar-refractivity contribution in [1.82, 2.24) is 0 Å². The number of alkyl halides is 1. The zero-order chi connectivity index (χ0) is 10.1. The molecule has 0 aromatic rings. The minimum absolute atomic E-state index is 0.432. The smallest absolute Gasteiger partial charge is 0.0429 e. The summed E-state index contributed by atoms with van der Waals surface area (Å²) in [5.41, 5.74) is 1.74. The molecule has 76 valence electrons. The van der Waals surface area contributed by atoms with Gasteiger partial charge in [-0.2, -0.15) is 0 Å². The van der Waals surface area contributed by atoms with Gasteiger partial charge in [-0.05, 0) is 37.5 Å². The second kappa shape index (κ2) is 4.04. The molecule has 1 aliphatic rings. The highest BCUT2D eigenvalue weighted by Crippen LogP contribution is 2.63. The molecule has 0 N–H and O–H groups in total. The third kappa shape index (κ3) is 1.93. The van der Waals surface area contributed by atoms with Gasteiger partial charge in [-0.1, -0.05) is 25.8 Å². The van der Waals surface area contributed by atoms with Gasteiger partial charge < -0.3 is 0 Å². The van der Waals surface area contributed by atoms with E-state index in [0.717, 1.165) is 12.3 Å². The fourth-order valence-electron chi connectivity index (χ4n) is 2.54. The first-order valence-corrected chi connectivity index (χ1v) is 5.80. The van der Waals surface area contributed by atoms with Crippen molar-refractivity contribution in [2.24, 2.45) is 11.3 Å². The minimum atomic E-state index is 0.432. The molecule has 3 unspecified atom stereocenters. The Morgan fingerprint density at radius 2 is 2.08 bits per heavy atom. The molecule has 0 aromatic carbocycles. The van der Waals surface area contributed by atoms with Crippen molar-refractivity contribution in [2.45, 2.75) is 51.8 Å². The molecule has 0 heterocycles. The highest BCUT2D eigenvalue weighted by molar-refractivity contribution is 6.23. The molecule has 0 spiro atoms. The van der Waals surface area contributed by atoms with Gasteiger partial charge in [-0.15, -0.1) is 18.2 Å². The van der Waals surface area contributed by atoms with E-state index >= 15 is 0 Å². The predicted molar refractivity (Wildman–Crippen MR) is 60.2 cm³/mol. The third-order valence-electron chi connectivity index (χ3n) is 3.65. The molecule has 0 aliphatic heterocycles. The Kier molecular flexibility index (Phi) is 3.45. The molecule has 1 fully saturated rings. The minimum Gasteiger partial charge on any atom is -0.122 e. The summed E-state index contributed by atoms with van der Waals surface area (Å²) in [7, 11) is 0. The lowest BCUT2D eigenvalue weighted by Gasteiger charge is -2.14. The van der Waals surface area contributed by atoms with Gasteiger partial charge in [0.05, 0.1) is 0 Å². The molecule has 0 radical (unpaired) electrons. The van der Waals surface area contributed by atoms with Crippen molar-refractivity contribution in [2.75, 3.05) is 0 Å². The van der Waals surface area contributed by atoms with E-state index in [1.54, 1.807) is 0 Å². The van der Waals surface area contributed by atoms with E-state index in [2.05, 4.69) is 27.4 Å². The van der Waals surface area contributed by atoms with E-state index in [1.807, 2.05) is 0 Å². The van der Waals surface area contributed by atoms with Crippen LogP contribution >= 0.6 is 11.6 Å². The topological polar surface area (TPSA) is 0 Å². The Morgan fingerprint density at radius 1 is 1.46 bits per heavy atom. The molecule has 1 saturated carbocycles. The normalized spacial score (nSPS) is 37.5. The largest absolute Gasteiger partial charge is 0.122 e. The van der Waals surface area contributed by atoms with Crippen LogP contribution in [-0.4, -0.2) is 5.38 Å². The van der Waals surface area contributed by atoms with Gasteiger partial charge in [0.25, 0.3) is 0 Å². The Hall–Kier alpha value is 0.0300. The fourth-order valence-corrected chi connectivity index (χ4v) is 3.32. The molecule has 0 aromatic heterocycles. The van der Waals surface area contributed by atoms with Crippen LogP contribution in [0.2, 0.25) is 0 Å². The van der Waals surface area contributed by atoms with Gasteiger partial charge in [0.15, 0.2) is 0 Å². The van der Waals surface area contributed by atoms with Gasteiger partial charge in [0.1, 0.15) is 0 Å². The van der Waals surface area contributed by atoms with Crippen molar-refractivity contribution in [3.63, 3.8) is 0 Å². The quantitative estimate of drug-likeness (QED) is 0.456. The first kappa shape index (κ1) is 11.1. The molecule has 1 aliphatic carbocycles. The van der Waals surface area contributed by atoms with Crippen molar-refractivity contribution in [3.8, 4) is 0 Å². The number of halogens is 1. The summed E-state index contributed by atoms with van der Waals surface area (Å²) < 4.78 is 0. The fraction of sp³-hybridized carbons (Fsp3) is 0.833. The molecule has 1 heteroatoms. The van der Waals surface area contributed by atoms with Crippen LogP contribution in [-0.2, 0) is 0 Å². The number of allylic oxidation sites excluding steroid dienone is 1. The Bertz CT molecular complexity index is 197. The first-order valence-electron chi connectivity index (χ1n) is 5.37. The molecular formula is C12H21Cl. The van der Waals surface area contributed by atoms with Crippen LogP contribution in [0.1, 0.15) is 46.5 Å². The maximum absolute atomic E-state index is 6.33. The monoisotopic (exact) mass is 200 g/mol. The van der Waals surface area contributed by atoms with Crippen molar-refractivity contribution < 1.29 is 0 Å². The Morgan fingerprint density at radius 3 is 2.38 bits per heavy atom. The third-order valence-corrected chi connectivity index (χ3v) is 4.39. The van der Waals surface area contributed by atoms with Crippen molar-refractivity contribution >= 4 is 11.6 Å². The lowest BCUT2D eigenvalue weighted by molar-refractivity contribution is 0.398. The summed E-state index contributed by atoms with van der Waals surface area (Å²) in [6.07, 6.45) is 4.85. The van der Waals surface area contributed by atoms with Gasteiger partial charge in [-0.25, -0.2) is 0 Å². The zero-order valence-corrected chi connectivity index (χ0v) is 9.82. The molecule has 3 atom stereocenters. The lowest BCUT2D eigenvalue weighted by Crippen LogP contribution is -2.04. The first-order chi connectivity index (χ1) is 6.08. The van der Waals surface area contributed by atoms with Crippen LogP contribution in [0.3, 0.4) is 0 Å². The van der Waals surface area contributed by atoms with E-state index < -0.39 is 0 Å². The Labute approximate surface area is 87.4 Å². The van der Waals surface area contributed by atoms with Crippen molar-refractivity contribution in [1.29, 1.82) is 0 Å². The molecule has 1 rings (SSSR count). The van der Waals surface area contributed by atoms with E-state index in [-0.39, 0.29) is 0 Å². The molecular weight excluding hydrogens is 180 g/mol. The lowest BCUT2D eigenvalue weighted by atomic mass is 9.91. The summed E-state index contributed by atoms with van der Waals surface area (Å²) in [5, 5.41) is 0.432. The molecule has 0 bridgehead atoms. The average Bonchev–Trinajstić information content (AvgIpc) is 2.67. The van der Waals surface area contributed by atoms with Crippen LogP contribution in [0.4, 0.5) is 0 Å². The SMILES string of the molecule is C=C(C)CCC1(CC)C(Cl)C1CC. The standard InChI is InChI=1S/C12H21Cl/c1-5-10-11(13)12(10,6-2)8-7-9(3)4/h10-11H,3,5-8H2,1-2,4H3. The molecule has 0 nitrogen and oxygen atoms in total. The van der Waals surface area contributed by atoms with Gasteiger partial charge in [0.2, 0.25) is 0 Å². The number of rotatable bonds is 5. The second-order valence-electron chi connectivity index (χ2n) is 4.46. The van der Waals surface area contributed by atoms with Gasteiger partial charge in [0, 0.05) is 5.38 Å². The van der Waals surface area contributed by atoms with Crippen LogP contribution in [0.15, 0.2) is 12.2 Å². The van der Waals surface area contributed by atoms with Crippen LogP contribution in [0.5, 0.6) is 0 Å². The molecule has 0 saturated heterocycles. The van der Waals surface area contributed by atoms with E-state index in [1.165, 1.54) is 24.8 Å². The second-order valence-corrected chi connectivity index (χ2v) is 4.93. The molecule has 13 heavy (non-hydrogen) atoms. The van der Waals surface area contributed by atoms with Crippen LogP contribution in [0.25, 0.3) is 0 Å². The maximum atomic E-state index is 6.33. The van der Waals surface area contributed by atoms with E-state index in [0.29, 0.717) is 10.8 Å². The summed E-state index contributed by atoms with van der Waals surface area (Å²) in [6, 6.07) is 0. The summed E-state index contributed by atoms with van der Waals surface area (Å²) in [4.78, 5) is 0. The number of hydrogen-bond acceptors (Lipinski definition) is 0. The van der Waals surface area contributed by atoms with Crippen LogP contribution in [0, 0.1) is 11.3 Å². The predicted octanol–water partition coefficient (Wildman–Crippen LogP) is 4.39. The maximum Gasteiger partial charge on any atom is 0.0429 e. The van der Waals surface area contributed by atoms with Gasteiger partial charge >= 0.3 is 0 Å². The summed E-state index contributed by atoms with van der Waals surface area (Å²) in [5.74, 6) is 0.763. The Balaban J connectivity index is 2.49.